The monoisotopic (exact) mass is 184 g/mol. The second-order valence-corrected chi connectivity index (χ2v) is 5.54. The first-order valence-electron chi connectivity index (χ1n) is 5.62. The Balaban J connectivity index is 2.49. The summed E-state index contributed by atoms with van der Waals surface area (Å²) in [7, 11) is 0. The topological polar surface area (TPSA) is 20.2 Å². The predicted molar refractivity (Wildman–Crippen MR) is 56.6 cm³/mol. The SMILES string of the molecule is CC1CCCC(CC(C)(C)O)C1C. The summed E-state index contributed by atoms with van der Waals surface area (Å²) in [6.07, 6.45) is 5.02. The van der Waals surface area contributed by atoms with Gasteiger partial charge in [0.2, 0.25) is 0 Å². The van der Waals surface area contributed by atoms with E-state index in [1.165, 1.54) is 19.3 Å². The molecule has 0 amide bonds. The summed E-state index contributed by atoms with van der Waals surface area (Å²) in [5.41, 5.74) is -0.476. The normalized spacial score (nSPS) is 36.2. The van der Waals surface area contributed by atoms with Crippen molar-refractivity contribution in [2.45, 2.75) is 59.0 Å². The van der Waals surface area contributed by atoms with Crippen molar-refractivity contribution < 1.29 is 5.11 Å². The lowest BCUT2D eigenvalue weighted by Gasteiger charge is -2.37. The average molecular weight is 184 g/mol. The van der Waals surface area contributed by atoms with Gasteiger partial charge in [0.1, 0.15) is 0 Å². The zero-order chi connectivity index (χ0) is 10.1. The Hall–Kier alpha value is -0.0400. The molecule has 1 aliphatic carbocycles. The molecule has 13 heavy (non-hydrogen) atoms. The van der Waals surface area contributed by atoms with Gasteiger partial charge in [-0.25, -0.2) is 0 Å². The molecule has 1 saturated carbocycles. The Morgan fingerprint density at radius 1 is 1.23 bits per heavy atom. The number of hydrogen-bond acceptors (Lipinski definition) is 1. The van der Waals surface area contributed by atoms with Gasteiger partial charge in [-0.05, 0) is 38.0 Å². The number of rotatable bonds is 2. The Labute approximate surface area is 82.5 Å². The van der Waals surface area contributed by atoms with Gasteiger partial charge in [0.15, 0.2) is 0 Å². The van der Waals surface area contributed by atoms with Crippen LogP contribution in [0.15, 0.2) is 0 Å². The number of hydrogen-bond donors (Lipinski definition) is 1. The van der Waals surface area contributed by atoms with E-state index in [-0.39, 0.29) is 0 Å². The second-order valence-electron chi connectivity index (χ2n) is 5.54. The van der Waals surface area contributed by atoms with E-state index in [1.807, 2.05) is 13.8 Å². The fraction of sp³-hybridized carbons (Fsp3) is 1.00. The van der Waals surface area contributed by atoms with Gasteiger partial charge in [-0.15, -0.1) is 0 Å². The van der Waals surface area contributed by atoms with Crippen molar-refractivity contribution in [3.8, 4) is 0 Å². The third-order valence-corrected chi connectivity index (χ3v) is 3.64. The van der Waals surface area contributed by atoms with Crippen LogP contribution in [-0.2, 0) is 0 Å². The van der Waals surface area contributed by atoms with Gasteiger partial charge in [0.05, 0.1) is 5.60 Å². The van der Waals surface area contributed by atoms with Crippen LogP contribution >= 0.6 is 0 Å². The molecule has 0 aromatic heterocycles. The fourth-order valence-electron chi connectivity index (χ4n) is 2.62. The summed E-state index contributed by atoms with van der Waals surface area (Å²) in [5, 5.41) is 9.77. The lowest BCUT2D eigenvalue weighted by Crippen LogP contribution is -2.31. The predicted octanol–water partition coefficient (Wildman–Crippen LogP) is 3.22. The van der Waals surface area contributed by atoms with Gasteiger partial charge in [0, 0.05) is 0 Å². The Kier molecular flexibility index (Phi) is 3.39. The van der Waals surface area contributed by atoms with Crippen LogP contribution in [0.2, 0.25) is 0 Å². The second kappa shape index (κ2) is 4.00. The Morgan fingerprint density at radius 3 is 2.38 bits per heavy atom. The first-order chi connectivity index (χ1) is 5.90. The largest absolute Gasteiger partial charge is 0.390 e. The van der Waals surface area contributed by atoms with Crippen molar-refractivity contribution in [3.05, 3.63) is 0 Å². The molecule has 0 heterocycles. The van der Waals surface area contributed by atoms with Gasteiger partial charge in [0.25, 0.3) is 0 Å². The maximum atomic E-state index is 9.77. The van der Waals surface area contributed by atoms with E-state index in [0.717, 1.165) is 24.2 Å². The van der Waals surface area contributed by atoms with Crippen LogP contribution in [0.25, 0.3) is 0 Å². The van der Waals surface area contributed by atoms with Crippen LogP contribution in [-0.4, -0.2) is 10.7 Å². The van der Waals surface area contributed by atoms with Crippen LogP contribution in [0.4, 0.5) is 0 Å². The molecule has 1 heteroatoms. The summed E-state index contributed by atoms with van der Waals surface area (Å²) >= 11 is 0. The lowest BCUT2D eigenvalue weighted by atomic mass is 9.70. The molecule has 1 aliphatic rings. The van der Waals surface area contributed by atoms with Gasteiger partial charge < -0.3 is 5.11 Å². The molecule has 0 aromatic carbocycles. The molecule has 1 N–H and O–H groups in total. The van der Waals surface area contributed by atoms with Crippen LogP contribution < -0.4 is 0 Å². The molecular weight excluding hydrogens is 160 g/mol. The molecule has 0 bridgehead atoms. The summed E-state index contributed by atoms with van der Waals surface area (Å²) < 4.78 is 0. The highest BCUT2D eigenvalue weighted by molar-refractivity contribution is 4.81. The van der Waals surface area contributed by atoms with E-state index >= 15 is 0 Å². The van der Waals surface area contributed by atoms with E-state index in [2.05, 4.69) is 13.8 Å². The average Bonchev–Trinajstić information content (AvgIpc) is 1.96. The molecule has 1 fully saturated rings. The molecule has 1 nitrogen and oxygen atoms in total. The zero-order valence-electron chi connectivity index (χ0n) is 9.51. The maximum Gasteiger partial charge on any atom is 0.0594 e. The Bertz CT molecular complexity index is 157. The molecular formula is C12H24O. The molecule has 78 valence electrons. The quantitative estimate of drug-likeness (QED) is 0.698. The molecule has 3 atom stereocenters. The van der Waals surface area contributed by atoms with Gasteiger partial charge in [-0.1, -0.05) is 33.1 Å². The molecule has 0 aromatic rings. The van der Waals surface area contributed by atoms with Gasteiger partial charge in [-0.3, -0.25) is 0 Å². The highest BCUT2D eigenvalue weighted by Crippen LogP contribution is 2.38. The van der Waals surface area contributed by atoms with Gasteiger partial charge in [-0.2, -0.15) is 0 Å². The van der Waals surface area contributed by atoms with E-state index in [9.17, 15) is 5.11 Å². The number of aliphatic hydroxyl groups is 1. The highest BCUT2D eigenvalue weighted by atomic mass is 16.3. The van der Waals surface area contributed by atoms with Crippen molar-refractivity contribution >= 4 is 0 Å². The fourth-order valence-corrected chi connectivity index (χ4v) is 2.62. The van der Waals surface area contributed by atoms with Gasteiger partial charge >= 0.3 is 0 Å². The van der Waals surface area contributed by atoms with Crippen LogP contribution in [0.1, 0.15) is 53.4 Å². The molecule has 0 aliphatic heterocycles. The molecule has 0 radical (unpaired) electrons. The summed E-state index contributed by atoms with van der Waals surface area (Å²) in [6, 6.07) is 0. The lowest BCUT2D eigenvalue weighted by molar-refractivity contribution is 0.0249. The first kappa shape index (κ1) is 11.0. The van der Waals surface area contributed by atoms with E-state index in [1.54, 1.807) is 0 Å². The zero-order valence-corrected chi connectivity index (χ0v) is 9.51. The summed E-state index contributed by atoms with van der Waals surface area (Å²) in [4.78, 5) is 0. The minimum Gasteiger partial charge on any atom is -0.390 e. The van der Waals surface area contributed by atoms with Crippen LogP contribution in [0, 0.1) is 17.8 Å². The van der Waals surface area contributed by atoms with Crippen molar-refractivity contribution in [2.75, 3.05) is 0 Å². The molecule has 1 rings (SSSR count). The van der Waals surface area contributed by atoms with Crippen LogP contribution in [0.3, 0.4) is 0 Å². The minimum atomic E-state index is -0.476. The first-order valence-corrected chi connectivity index (χ1v) is 5.62. The molecule has 0 spiro atoms. The molecule has 3 unspecified atom stereocenters. The van der Waals surface area contributed by atoms with Crippen molar-refractivity contribution in [2.24, 2.45) is 17.8 Å². The van der Waals surface area contributed by atoms with E-state index in [0.29, 0.717) is 0 Å². The maximum absolute atomic E-state index is 9.77. The van der Waals surface area contributed by atoms with Crippen molar-refractivity contribution in [1.29, 1.82) is 0 Å². The highest BCUT2D eigenvalue weighted by Gasteiger charge is 2.30. The smallest absolute Gasteiger partial charge is 0.0594 e. The van der Waals surface area contributed by atoms with E-state index < -0.39 is 5.60 Å². The summed E-state index contributed by atoms with van der Waals surface area (Å²) in [6.45, 7) is 8.55. The van der Waals surface area contributed by atoms with E-state index in [4.69, 9.17) is 0 Å². The molecule has 0 saturated heterocycles. The van der Waals surface area contributed by atoms with Crippen molar-refractivity contribution in [3.63, 3.8) is 0 Å². The van der Waals surface area contributed by atoms with Crippen LogP contribution in [0.5, 0.6) is 0 Å². The van der Waals surface area contributed by atoms with Crippen molar-refractivity contribution in [1.82, 2.24) is 0 Å². The Morgan fingerprint density at radius 2 is 1.85 bits per heavy atom. The minimum absolute atomic E-state index is 0.476. The third kappa shape index (κ3) is 3.30. The standard InChI is InChI=1S/C12H24O/c1-9-6-5-7-11(10(9)2)8-12(3,4)13/h9-11,13H,5-8H2,1-4H3. The summed E-state index contributed by atoms with van der Waals surface area (Å²) in [5.74, 6) is 2.38. The third-order valence-electron chi connectivity index (χ3n) is 3.64.